The van der Waals surface area contributed by atoms with Gasteiger partial charge in [0.1, 0.15) is 0 Å². The second kappa shape index (κ2) is 8.57. The number of amides is 2. The van der Waals surface area contributed by atoms with Crippen LogP contribution in [0.3, 0.4) is 0 Å². The lowest BCUT2D eigenvalue weighted by molar-refractivity contribution is 0.0761. The van der Waals surface area contributed by atoms with Crippen molar-refractivity contribution < 1.29 is 9.59 Å². The first-order valence-electron chi connectivity index (χ1n) is 8.40. The van der Waals surface area contributed by atoms with E-state index in [9.17, 15) is 9.59 Å². The molecule has 2 rings (SSSR count). The molecular formula is C18H26N2O2. The quantitative estimate of drug-likeness (QED) is 0.849. The highest BCUT2D eigenvalue weighted by atomic mass is 16.2. The highest BCUT2D eigenvalue weighted by Crippen LogP contribution is 2.14. The minimum Gasteiger partial charge on any atom is -0.352 e. The highest BCUT2D eigenvalue weighted by molar-refractivity contribution is 5.99. The molecule has 1 fully saturated rings. The maximum atomic E-state index is 12.6. The summed E-state index contributed by atoms with van der Waals surface area (Å²) in [5.74, 6) is -0.0518. The van der Waals surface area contributed by atoms with Gasteiger partial charge in [-0.05, 0) is 37.5 Å². The fraction of sp³-hybridized carbons (Fsp3) is 0.556. The molecule has 0 saturated carbocycles. The molecule has 1 saturated heterocycles. The summed E-state index contributed by atoms with van der Waals surface area (Å²) in [6.45, 7) is 4.42. The number of benzene rings is 1. The van der Waals surface area contributed by atoms with E-state index in [1.54, 1.807) is 24.3 Å². The molecule has 1 aromatic carbocycles. The van der Waals surface area contributed by atoms with Crippen molar-refractivity contribution in [1.82, 2.24) is 10.2 Å². The van der Waals surface area contributed by atoms with E-state index in [-0.39, 0.29) is 11.8 Å². The van der Waals surface area contributed by atoms with E-state index in [4.69, 9.17) is 0 Å². The van der Waals surface area contributed by atoms with E-state index in [2.05, 4.69) is 12.2 Å². The van der Waals surface area contributed by atoms with E-state index >= 15 is 0 Å². The Morgan fingerprint density at radius 3 is 2.45 bits per heavy atom. The van der Waals surface area contributed by atoms with Crippen molar-refractivity contribution in [2.45, 2.75) is 45.4 Å². The second-order valence-corrected chi connectivity index (χ2v) is 5.90. The van der Waals surface area contributed by atoms with E-state index in [1.807, 2.05) is 4.90 Å². The van der Waals surface area contributed by atoms with Crippen LogP contribution < -0.4 is 5.32 Å². The monoisotopic (exact) mass is 302 g/mol. The molecule has 0 spiro atoms. The zero-order chi connectivity index (χ0) is 15.8. The topological polar surface area (TPSA) is 49.4 Å². The number of carbonyl (C=O) groups excluding carboxylic acids is 2. The number of nitrogens with one attached hydrogen (secondary N) is 1. The minimum absolute atomic E-state index is 0.0464. The predicted octanol–water partition coefficient (Wildman–Crippen LogP) is 3.23. The third-order valence-corrected chi connectivity index (χ3v) is 4.08. The van der Waals surface area contributed by atoms with Gasteiger partial charge >= 0.3 is 0 Å². The Morgan fingerprint density at radius 1 is 1.09 bits per heavy atom. The van der Waals surface area contributed by atoms with Crippen LogP contribution in [0.25, 0.3) is 0 Å². The number of hydrogen-bond donors (Lipinski definition) is 1. The van der Waals surface area contributed by atoms with Crippen molar-refractivity contribution in [3.63, 3.8) is 0 Å². The summed E-state index contributed by atoms with van der Waals surface area (Å²) in [4.78, 5) is 26.6. The zero-order valence-electron chi connectivity index (χ0n) is 13.4. The van der Waals surface area contributed by atoms with Crippen molar-refractivity contribution in [3.05, 3.63) is 35.4 Å². The van der Waals surface area contributed by atoms with E-state index in [0.29, 0.717) is 17.7 Å². The van der Waals surface area contributed by atoms with Crippen LogP contribution in [0.2, 0.25) is 0 Å². The molecule has 1 heterocycles. The normalized spacial score (nSPS) is 15.2. The molecule has 4 nitrogen and oxygen atoms in total. The summed E-state index contributed by atoms with van der Waals surface area (Å²) in [5, 5.41) is 2.89. The zero-order valence-corrected chi connectivity index (χ0v) is 13.4. The smallest absolute Gasteiger partial charge is 0.253 e. The lowest BCUT2D eigenvalue weighted by atomic mass is 10.1. The standard InChI is InChI=1S/C18H26N2O2/c1-2-3-11-19-17(21)15-9-8-10-16(14-15)18(22)20-12-6-4-5-7-13-20/h8-10,14H,2-7,11-13H2,1H3,(H,19,21). The summed E-state index contributed by atoms with van der Waals surface area (Å²) >= 11 is 0. The lowest BCUT2D eigenvalue weighted by Crippen LogP contribution is -2.32. The fourth-order valence-corrected chi connectivity index (χ4v) is 2.73. The van der Waals surface area contributed by atoms with Crippen molar-refractivity contribution in [2.24, 2.45) is 0 Å². The number of rotatable bonds is 5. The van der Waals surface area contributed by atoms with Crippen LogP contribution in [0.15, 0.2) is 24.3 Å². The van der Waals surface area contributed by atoms with Gasteiger partial charge in [0.25, 0.3) is 11.8 Å². The molecule has 4 heteroatoms. The Labute approximate surface area is 132 Å². The summed E-state index contributed by atoms with van der Waals surface area (Å²) in [5.41, 5.74) is 1.18. The third-order valence-electron chi connectivity index (χ3n) is 4.08. The lowest BCUT2D eigenvalue weighted by Gasteiger charge is -2.20. The van der Waals surface area contributed by atoms with Crippen LogP contribution >= 0.6 is 0 Å². The number of unbranched alkanes of at least 4 members (excludes halogenated alkanes) is 1. The van der Waals surface area contributed by atoms with Gasteiger partial charge in [0.2, 0.25) is 0 Å². The van der Waals surface area contributed by atoms with Gasteiger partial charge in [-0.15, -0.1) is 0 Å². The molecule has 0 radical (unpaired) electrons. The van der Waals surface area contributed by atoms with Crippen molar-refractivity contribution >= 4 is 11.8 Å². The number of likely N-dealkylation sites (tertiary alicyclic amines) is 1. The Bertz CT molecular complexity index is 506. The van der Waals surface area contributed by atoms with Gasteiger partial charge in [-0.1, -0.05) is 32.3 Å². The maximum absolute atomic E-state index is 12.6. The third kappa shape index (κ3) is 4.58. The second-order valence-electron chi connectivity index (χ2n) is 5.90. The van der Waals surface area contributed by atoms with Crippen molar-refractivity contribution in [1.29, 1.82) is 0 Å². The molecule has 120 valence electrons. The molecule has 1 aliphatic rings. The highest BCUT2D eigenvalue weighted by Gasteiger charge is 2.18. The van der Waals surface area contributed by atoms with Gasteiger partial charge in [0.15, 0.2) is 0 Å². The molecule has 0 bridgehead atoms. The van der Waals surface area contributed by atoms with Crippen LogP contribution in [-0.2, 0) is 0 Å². The molecule has 0 aromatic heterocycles. The molecular weight excluding hydrogens is 276 g/mol. The summed E-state index contributed by atoms with van der Waals surface area (Å²) in [6.07, 6.45) is 6.56. The molecule has 0 unspecified atom stereocenters. The van der Waals surface area contributed by atoms with Crippen LogP contribution in [0.4, 0.5) is 0 Å². The van der Waals surface area contributed by atoms with E-state index < -0.39 is 0 Å². The van der Waals surface area contributed by atoms with E-state index in [1.165, 1.54) is 12.8 Å². The molecule has 0 atom stereocenters. The average molecular weight is 302 g/mol. The van der Waals surface area contributed by atoms with Crippen LogP contribution in [0.5, 0.6) is 0 Å². The number of carbonyl (C=O) groups is 2. The van der Waals surface area contributed by atoms with Crippen LogP contribution in [0, 0.1) is 0 Å². The molecule has 22 heavy (non-hydrogen) atoms. The molecule has 2 amide bonds. The molecule has 1 aliphatic heterocycles. The van der Waals surface area contributed by atoms with Gasteiger partial charge in [-0.2, -0.15) is 0 Å². The van der Waals surface area contributed by atoms with Gasteiger partial charge in [0.05, 0.1) is 0 Å². The first kappa shape index (κ1) is 16.5. The van der Waals surface area contributed by atoms with Gasteiger partial charge < -0.3 is 10.2 Å². The van der Waals surface area contributed by atoms with Gasteiger partial charge in [-0.25, -0.2) is 0 Å². The fourth-order valence-electron chi connectivity index (χ4n) is 2.73. The van der Waals surface area contributed by atoms with Crippen LogP contribution in [-0.4, -0.2) is 36.3 Å². The van der Waals surface area contributed by atoms with Crippen molar-refractivity contribution in [3.8, 4) is 0 Å². The Kier molecular flexibility index (Phi) is 6.44. The first-order chi connectivity index (χ1) is 10.7. The molecule has 1 N–H and O–H groups in total. The summed E-state index contributed by atoms with van der Waals surface area (Å²) in [6, 6.07) is 7.07. The Balaban J connectivity index is 2.03. The largest absolute Gasteiger partial charge is 0.352 e. The van der Waals surface area contributed by atoms with Crippen molar-refractivity contribution in [2.75, 3.05) is 19.6 Å². The Morgan fingerprint density at radius 2 is 1.77 bits per heavy atom. The van der Waals surface area contributed by atoms with Gasteiger partial charge in [0, 0.05) is 30.8 Å². The summed E-state index contributed by atoms with van der Waals surface area (Å²) in [7, 11) is 0. The maximum Gasteiger partial charge on any atom is 0.253 e. The first-order valence-corrected chi connectivity index (χ1v) is 8.40. The van der Waals surface area contributed by atoms with E-state index in [0.717, 1.165) is 38.8 Å². The summed E-state index contributed by atoms with van der Waals surface area (Å²) < 4.78 is 0. The molecule has 0 aliphatic carbocycles. The average Bonchev–Trinajstić information content (AvgIpc) is 2.83. The predicted molar refractivity (Wildman–Crippen MR) is 88.1 cm³/mol. The minimum atomic E-state index is -0.0982. The SMILES string of the molecule is CCCCNC(=O)c1cccc(C(=O)N2CCCCCC2)c1. The van der Waals surface area contributed by atoms with Gasteiger partial charge in [-0.3, -0.25) is 9.59 Å². The number of nitrogens with zero attached hydrogens (tertiary/aromatic N) is 1. The molecule has 1 aromatic rings. The van der Waals surface area contributed by atoms with Crippen LogP contribution in [0.1, 0.15) is 66.2 Å². The number of hydrogen-bond acceptors (Lipinski definition) is 2. The Hall–Kier alpha value is -1.84.